The number of allylic oxidation sites excluding steroid dienone is 3. The van der Waals surface area contributed by atoms with Crippen molar-refractivity contribution in [2.75, 3.05) is 0 Å². The van der Waals surface area contributed by atoms with E-state index in [0.29, 0.717) is 6.04 Å². The summed E-state index contributed by atoms with van der Waals surface area (Å²) < 4.78 is 0. The monoisotopic (exact) mass is 247 g/mol. The minimum Gasteiger partial charge on any atom is -0.481 e. The topological polar surface area (TPSA) is 49.7 Å². The molecule has 0 amide bonds. The van der Waals surface area contributed by atoms with Crippen molar-refractivity contribution in [2.45, 2.75) is 57.9 Å². The van der Waals surface area contributed by atoms with Crippen molar-refractivity contribution in [1.82, 2.24) is 0 Å². The first-order valence-corrected chi connectivity index (χ1v) is 6.84. The van der Waals surface area contributed by atoms with E-state index in [1.807, 2.05) is 0 Å². The SMILES string of the molecule is C1=C2C=C3CCCCC3N=C2CCC1.CC(=O)O. The molecule has 1 unspecified atom stereocenters. The van der Waals surface area contributed by atoms with Gasteiger partial charge in [-0.05, 0) is 49.7 Å². The third-order valence-electron chi connectivity index (χ3n) is 3.59. The maximum atomic E-state index is 9.00. The van der Waals surface area contributed by atoms with Gasteiger partial charge in [-0.1, -0.05) is 18.6 Å². The van der Waals surface area contributed by atoms with Crippen molar-refractivity contribution < 1.29 is 9.90 Å². The van der Waals surface area contributed by atoms with Gasteiger partial charge in [-0.15, -0.1) is 0 Å². The molecule has 3 heteroatoms. The zero-order valence-corrected chi connectivity index (χ0v) is 11.0. The van der Waals surface area contributed by atoms with Gasteiger partial charge in [0.05, 0.1) is 6.04 Å². The molecule has 1 N–H and O–H groups in total. The predicted molar refractivity (Wildman–Crippen MR) is 73.0 cm³/mol. The fourth-order valence-electron chi connectivity index (χ4n) is 2.79. The molecule has 98 valence electrons. The Morgan fingerprint density at radius 3 is 2.89 bits per heavy atom. The van der Waals surface area contributed by atoms with E-state index >= 15 is 0 Å². The number of aliphatic carboxylic acids is 1. The number of carbonyl (C=O) groups is 1. The number of rotatable bonds is 0. The lowest BCUT2D eigenvalue weighted by Crippen LogP contribution is -2.22. The Kier molecular flexibility index (Phi) is 4.34. The van der Waals surface area contributed by atoms with Crippen molar-refractivity contribution in [2.24, 2.45) is 4.99 Å². The van der Waals surface area contributed by atoms with Gasteiger partial charge < -0.3 is 5.11 Å². The molecule has 3 rings (SSSR count). The summed E-state index contributed by atoms with van der Waals surface area (Å²) in [7, 11) is 0. The fraction of sp³-hybridized carbons (Fsp3) is 0.600. The van der Waals surface area contributed by atoms with E-state index in [1.54, 1.807) is 5.57 Å². The molecule has 0 spiro atoms. The van der Waals surface area contributed by atoms with E-state index in [0.717, 1.165) is 6.92 Å². The Morgan fingerprint density at radius 1 is 1.33 bits per heavy atom. The first-order chi connectivity index (χ1) is 8.66. The molecular formula is C15H21NO2. The molecule has 1 fully saturated rings. The molecule has 0 aromatic heterocycles. The number of aliphatic imine (C=N–C) groups is 1. The number of nitrogens with zero attached hydrogens (tertiary/aromatic N) is 1. The first kappa shape index (κ1) is 13.1. The van der Waals surface area contributed by atoms with Gasteiger partial charge in [-0.25, -0.2) is 0 Å². The van der Waals surface area contributed by atoms with E-state index in [-0.39, 0.29) is 0 Å². The second kappa shape index (κ2) is 5.98. The third kappa shape index (κ3) is 3.31. The van der Waals surface area contributed by atoms with E-state index in [9.17, 15) is 0 Å². The molecule has 0 saturated heterocycles. The van der Waals surface area contributed by atoms with Crippen LogP contribution in [0.4, 0.5) is 0 Å². The first-order valence-electron chi connectivity index (χ1n) is 6.84. The highest BCUT2D eigenvalue weighted by molar-refractivity contribution is 6.04. The Balaban J connectivity index is 0.000000267. The summed E-state index contributed by atoms with van der Waals surface area (Å²) in [5, 5.41) is 7.42. The highest BCUT2D eigenvalue weighted by Crippen LogP contribution is 2.33. The lowest BCUT2D eigenvalue weighted by molar-refractivity contribution is -0.134. The van der Waals surface area contributed by atoms with Crippen LogP contribution in [-0.2, 0) is 4.79 Å². The van der Waals surface area contributed by atoms with Crippen LogP contribution in [0.1, 0.15) is 51.9 Å². The largest absolute Gasteiger partial charge is 0.481 e. The van der Waals surface area contributed by atoms with Gasteiger partial charge in [0.1, 0.15) is 0 Å². The Labute approximate surface area is 108 Å². The van der Waals surface area contributed by atoms with Crippen molar-refractivity contribution in [3.05, 3.63) is 23.3 Å². The number of dihydropyridines is 1. The minimum atomic E-state index is -0.833. The van der Waals surface area contributed by atoms with Crippen molar-refractivity contribution in [3.63, 3.8) is 0 Å². The smallest absolute Gasteiger partial charge is 0.300 e. The lowest BCUT2D eigenvalue weighted by atomic mass is 9.83. The highest BCUT2D eigenvalue weighted by Gasteiger charge is 2.24. The van der Waals surface area contributed by atoms with E-state index in [1.165, 1.54) is 56.2 Å². The molecule has 0 aromatic carbocycles. The molecule has 3 aliphatic rings. The Morgan fingerprint density at radius 2 is 2.11 bits per heavy atom. The maximum absolute atomic E-state index is 9.00. The maximum Gasteiger partial charge on any atom is 0.300 e. The quantitative estimate of drug-likeness (QED) is 0.712. The van der Waals surface area contributed by atoms with Crippen LogP contribution in [0.15, 0.2) is 28.3 Å². The average Bonchev–Trinajstić information content (AvgIpc) is 2.35. The summed E-state index contributed by atoms with van der Waals surface area (Å²) in [6, 6.07) is 0.564. The molecule has 1 aliphatic heterocycles. The van der Waals surface area contributed by atoms with Gasteiger partial charge in [0.2, 0.25) is 0 Å². The normalized spacial score (nSPS) is 25.4. The highest BCUT2D eigenvalue weighted by atomic mass is 16.4. The second-order valence-corrected chi connectivity index (χ2v) is 5.13. The zero-order chi connectivity index (χ0) is 13.0. The average molecular weight is 247 g/mol. The lowest BCUT2D eigenvalue weighted by Gasteiger charge is -2.29. The minimum absolute atomic E-state index is 0.564. The summed E-state index contributed by atoms with van der Waals surface area (Å²) in [5.41, 5.74) is 4.45. The van der Waals surface area contributed by atoms with Crippen LogP contribution in [0.25, 0.3) is 0 Å². The third-order valence-corrected chi connectivity index (χ3v) is 3.59. The van der Waals surface area contributed by atoms with Crippen molar-refractivity contribution in [1.29, 1.82) is 0 Å². The molecule has 1 atom stereocenters. The van der Waals surface area contributed by atoms with Gasteiger partial charge >= 0.3 is 0 Å². The number of hydrogen-bond donors (Lipinski definition) is 1. The van der Waals surface area contributed by atoms with Gasteiger partial charge in [-0.3, -0.25) is 9.79 Å². The van der Waals surface area contributed by atoms with Crippen LogP contribution in [0.5, 0.6) is 0 Å². The summed E-state index contributed by atoms with van der Waals surface area (Å²) >= 11 is 0. The predicted octanol–water partition coefficient (Wildman–Crippen LogP) is 3.51. The van der Waals surface area contributed by atoms with Gasteiger partial charge in [-0.2, -0.15) is 0 Å². The van der Waals surface area contributed by atoms with E-state index in [4.69, 9.17) is 14.9 Å². The van der Waals surface area contributed by atoms with Gasteiger partial charge in [0, 0.05) is 12.6 Å². The second-order valence-electron chi connectivity index (χ2n) is 5.13. The molecule has 3 nitrogen and oxygen atoms in total. The van der Waals surface area contributed by atoms with E-state index in [2.05, 4.69) is 12.2 Å². The Hall–Kier alpha value is -1.38. The number of hydrogen-bond acceptors (Lipinski definition) is 2. The van der Waals surface area contributed by atoms with Crippen LogP contribution in [-0.4, -0.2) is 22.8 Å². The summed E-state index contributed by atoms with van der Waals surface area (Å²) in [6.45, 7) is 1.08. The molecule has 1 heterocycles. The molecular weight excluding hydrogens is 226 g/mol. The molecule has 0 radical (unpaired) electrons. The number of carboxylic acids is 1. The molecule has 2 aliphatic carbocycles. The van der Waals surface area contributed by atoms with E-state index < -0.39 is 5.97 Å². The molecule has 1 saturated carbocycles. The zero-order valence-electron chi connectivity index (χ0n) is 11.0. The summed E-state index contributed by atoms with van der Waals surface area (Å²) in [4.78, 5) is 13.9. The number of carboxylic acid groups (broad SMARTS) is 1. The summed E-state index contributed by atoms with van der Waals surface area (Å²) in [6.07, 6.45) is 13.9. The Bertz CT molecular complexity index is 414. The standard InChI is InChI=1S/C13H17N.C2H4O2/c1-3-7-12-10(5-1)9-11-6-2-4-8-13(11)14-12;1-2(3)4/h5,9,13H,1-4,6-8H2;1H3,(H,3,4). The molecule has 18 heavy (non-hydrogen) atoms. The summed E-state index contributed by atoms with van der Waals surface area (Å²) in [5.74, 6) is -0.833. The molecule has 0 bridgehead atoms. The van der Waals surface area contributed by atoms with Gasteiger partial charge in [0.25, 0.3) is 5.97 Å². The van der Waals surface area contributed by atoms with Crippen LogP contribution in [0, 0.1) is 0 Å². The van der Waals surface area contributed by atoms with Crippen LogP contribution in [0.2, 0.25) is 0 Å². The molecule has 0 aromatic rings. The fourth-order valence-corrected chi connectivity index (χ4v) is 2.79. The van der Waals surface area contributed by atoms with Crippen LogP contribution in [0.3, 0.4) is 0 Å². The van der Waals surface area contributed by atoms with Crippen molar-refractivity contribution in [3.8, 4) is 0 Å². The van der Waals surface area contributed by atoms with Crippen LogP contribution < -0.4 is 0 Å². The van der Waals surface area contributed by atoms with Gasteiger partial charge in [0.15, 0.2) is 0 Å². The van der Waals surface area contributed by atoms with Crippen LogP contribution >= 0.6 is 0 Å². The number of fused-ring (bicyclic) bond motifs is 2. The van der Waals surface area contributed by atoms with Crippen molar-refractivity contribution >= 4 is 11.7 Å².